The van der Waals surface area contributed by atoms with E-state index in [0.717, 1.165) is 49.1 Å². The lowest BCUT2D eigenvalue weighted by Crippen LogP contribution is -2.50. The van der Waals surface area contributed by atoms with Crippen molar-refractivity contribution in [1.29, 1.82) is 0 Å². The summed E-state index contributed by atoms with van der Waals surface area (Å²) in [4.78, 5) is 17.5. The van der Waals surface area contributed by atoms with Crippen molar-refractivity contribution >= 4 is 23.5 Å². The van der Waals surface area contributed by atoms with E-state index < -0.39 is 11.7 Å². The average molecular weight is 493 g/mol. The Morgan fingerprint density at radius 2 is 1.74 bits per heavy atom. The van der Waals surface area contributed by atoms with Crippen LogP contribution in [0.3, 0.4) is 0 Å². The second kappa shape index (κ2) is 12.6. The molecule has 0 radical (unpaired) electrons. The number of likely N-dealkylation sites (N-methyl/N-ethyl adjacent to an activating group) is 1. The molecular formula is C25H31F3N4OS. The maximum absolute atomic E-state index is 12.0. The van der Waals surface area contributed by atoms with Gasteiger partial charge >= 0.3 is 6.18 Å². The Bertz CT molecular complexity index is 1020. The van der Waals surface area contributed by atoms with Crippen molar-refractivity contribution in [2.75, 3.05) is 31.6 Å². The fourth-order valence-electron chi connectivity index (χ4n) is 3.38. The van der Waals surface area contributed by atoms with Crippen LogP contribution in [0.25, 0.3) is 0 Å². The monoisotopic (exact) mass is 492 g/mol. The second-order valence-corrected chi connectivity index (χ2v) is 9.03. The molecule has 0 aliphatic carbocycles. The molecule has 0 saturated carbocycles. The number of benzene rings is 2. The number of alkyl halides is 3. The van der Waals surface area contributed by atoms with E-state index in [2.05, 4.69) is 59.3 Å². The Kier molecular flexibility index (Phi) is 10.2. The number of aromatic nitrogens is 2. The first kappa shape index (κ1) is 27.5. The first-order chi connectivity index (χ1) is 16.1. The molecule has 1 atom stereocenters. The molecule has 2 heterocycles. The van der Waals surface area contributed by atoms with Crippen LogP contribution in [0.15, 0.2) is 48.5 Å². The van der Waals surface area contributed by atoms with Crippen LogP contribution in [0, 0.1) is 13.8 Å². The molecule has 0 spiro atoms. The van der Waals surface area contributed by atoms with Gasteiger partial charge < -0.3 is 14.6 Å². The fraction of sp³-hybridized carbons (Fsp3) is 0.400. The van der Waals surface area contributed by atoms with Gasteiger partial charge in [-0.1, -0.05) is 53.6 Å². The van der Waals surface area contributed by atoms with Crippen molar-refractivity contribution in [2.45, 2.75) is 39.4 Å². The smallest absolute Gasteiger partial charge is 0.344 e. The van der Waals surface area contributed by atoms with E-state index in [1.165, 1.54) is 28.7 Å². The maximum atomic E-state index is 12.0. The third-order valence-electron chi connectivity index (χ3n) is 5.52. The Balaban J connectivity index is 0.000000266. The van der Waals surface area contributed by atoms with Gasteiger partial charge in [0.25, 0.3) is 0 Å². The predicted molar refractivity (Wildman–Crippen MR) is 132 cm³/mol. The summed E-state index contributed by atoms with van der Waals surface area (Å²) in [5, 5.41) is 1.07. The Morgan fingerprint density at radius 3 is 2.29 bits per heavy atom. The Morgan fingerprint density at radius 1 is 1.06 bits per heavy atom. The van der Waals surface area contributed by atoms with Crippen LogP contribution in [-0.2, 0) is 17.4 Å². The number of rotatable bonds is 3. The summed E-state index contributed by atoms with van der Waals surface area (Å²) in [7, 11) is 2.19. The van der Waals surface area contributed by atoms with E-state index in [0.29, 0.717) is 11.6 Å². The van der Waals surface area contributed by atoms with Crippen LogP contribution >= 0.6 is 11.5 Å². The molecule has 0 N–H and O–H groups in total. The summed E-state index contributed by atoms with van der Waals surface area (Å²) in [5.74, 6) is 0.936. The van der Waals surface area contributed by atoms with Gasteiger partial charge in [0.05, 0.1) is 5.56 Å². The van der Waals surface area contributed by atoms with E-state index in [-0.39, 0.29) is 0 Å². The molecule has 1 aromatic heterocycles. The highest BCUT2D eigenvalue weighted by Gasteiger charge is 2.30. The van der Waals surface area contributed by atoms with Crippen LogP contribution in [0.2, 0.25) is 0 Å². The fourth-order valence-corrected chi connectivity index (χ4v) is 4.10. The quantitative estimate of drug-likeness (QED) is 0.490. The number of piperazine rings is 1. The molecule has 1 aliphatic heterocycles. The Hall–Kier alpha value is -2.78. The standard InChI is InChI=1S/C16H22N4S.C8H7F3.CH2O/c1-12-4-6-14(7-5-12)10-15-17-16(21-18-15)20-9-8-19(3)13(2)11-20;1-6-3-2-4-7(5-6)8(9,10)11;1-2/h4-7,13H,8-11H2,1-3H3;2-5H,1H3;1H2. The molecular weight excluding hydrogens is 461 g/mol. The number of halogens is 3. The molecule has 0 amide bonds. The second-order valence-electron chi connectivity index (χ2n) is 8.30. The van der Waals surface area contributed by atoms with Crippen molar-refractivity contribution in [3.8, 4) is 0 Å². The van der Waals surface area contributed by atoms with Crippen LogP contribution in [-0.4, -0.2) is 53.8 Å². The topological polar surface area (TPSA) is 49.3 Å². The van der Waals surface area contributed by atoms with Gasteiger partial charge in [0.15, 0.2) is 0 Å². The Labute approximate surface area is 203 Å². The number of carbonyl (C=O) groups is 1. The first-order valence-corrected chi connectivity index (χ1v) is 11.6. The van der Waals surface area contributed by atoms with Crippen molar-refractivity contribution in [3.63, 3.8) is 0 Å². The van der Waals surface area contributed by atoms with E-state index in [1.54, 1.807) is 13.0 Å². The van der Waals surface area contributed by atoms with Gasteiger partial charge in [-0.2, -0.15) is 17.5 Å². The van der Waals surface area contributed by atoms with Gasteiger partial charge in [-0.25, -0.2) is 4.98 Å². The third-order valence-corrected chi connectivity index (χ3v) is 6.33. The largest absolute Gasteiger partial charge is 0.416 e. The number of hydrogen-bond donors (Lipinski definition) is 0. The summed E-state index contributed by atoms with van der Waals surface area (Å²) in [6, 6.07) is 14.4. The maximum Gasteiger partial charge on any atom is 0.416 e. The van der Waals surface area contributed by atoms with E-state index in [4.69, 9.17) is 9.78 Å². The van der Waals surface area contributed by atoms with Gasteiger partial charge in [-0.3, -0.25) is 0 Å². The van der Waals surface area contributed by atoms with Crippen LogP contribution in [0.1, 0.15) is 35.0 Å². The molecule has 1 aliphatic rings. The summed E-state index contributed by atoms with van der Waals surface area (Å²) in [6.45, 7) is 11.2. The predicted octanol–water partition coefficient (Wildman–Crippen LogP) is 5.41. The minimum atomic E-state index is -4.22. The molecule has 9 heteroatoms. The first-order valence-electron chi connectivity index (χ1n) is 10.9. The van der Waals surface area contributed by atoms with E-state index in [9.17, 15) is 13.2 Å². The molecule has 1 fully saturated rings. The molecule has 184 valence electrons. The van der Waals surface area contributed by atoms with Crippen LogP contribution in [0.5, 0.6) is 0 Å². The minimum Gasteiger partial charge on any atom is -0.344 e. The highest BCUT2D eigenvalue weighted by Crippen LogP contribution is 2.29. The molecule has 4 rings (SSSR count). The zero-order valence-corrected chi connectivity index (χ0v) is 20.8. The average Bonchev–Trinajstić information content (AvgIpc) is 3.27. The van der Waals surface area contributed by atoms with Gasteiger partial charge in [0.2, 0.25) is 5.13 Å². The summed E-state index contributed by atoms with van der Waals surface area (Å²) in [6.07, 6.45) is -3.40. The molecule has 2 aromatic carbocycles. The zero-order valence-electron chi connectivity index (χ0n) is 20.0. The highest BCUT2D eigenvalue weighted by molar-refractivity contribution is 7.09. The molecule has 1 saturated heterocycles. The van der Waals surface area contributed by atoms with Crippen molar-refractivity contribution < 1.29 is 18.0 Å². The lowest BCUT2D eigenvalue weighted by molar-refractivity contribution is -0.137. The molecule has 34 heavy (non-hydrogen) atoms. The highest BCUT2D eigenvalue weighted by atomic mass is 32.1. The summed E-state index contributed by atoms with van der Waals surface area (Å²) in [5.41, 5.74) is 2.60. The molecule has 3 aromatic rings. The number of hydrogen-bond acceptors (Lipinski definition) is 6. The van der Waals surface area contributed by atoms with Gasteiger partial charge in [-0.15, -0.1) is 0 Å². The van der Waals surface area contributed by atoms with E-state index in [1.807, 2.05) is 6.79 Å². The summed E-state index contributed by atoms with van der Waals surface area (Å²) < 4.78 is 40.4. The lowest BCUT2D eigenvalue weighted by atomic mass is 10.1. The van der Waals surface area contributed by atoms with Crippen molar-refractivity contribution in [3.05, 3.63) is 76.6 Å². The van der Waals surface area contributed by atoms with Crippen LogP contribution < -0.4 is 4.90 Å². The molecule has 1 unspecified atom stereocenters. The molecule has 0 bridgehead atoms. The normalized spacial score (nSPS) is 16.2. The van der Waals surface area contributed by atoms with Crippen molar-refractivity contribution in [1.82, 2.24) is 14.3 Å². The van der Waals surface area contributed by atoms with Gasteiger partial charge in [0.1, 0.15) is 12.6 Å². The lowest BCUT2D eigenvalue weighted by Gasteiger charge is -2.37. The van der Waals surface area contributed by atoms with Crippen LogP contribution in [0.4, 0.5) is 18.3 Å². The number of carbonyl (C=O) groups excluding carboxylic acids is 1. The SMILES string of the molecule is C=O.Cc1ccc(Cc2nsc(N3CCN(C)C(C)C3)n2)cc1.Cc1cccc(C(F)(F)F)c1. The number of anilines is 1. The third kappa shape index (κ3) is 8.22. The number of aryl methyl sites for hydroxylation is 2. The zero-order chi connectivity index (χ0) is 25.3. The minimum absolute atomic E-state index is 0.572. The van der Waals surface area contributed by atoms with Gasteiger partial charge in [-0.05, 0) is 39.4 Å². The molecule has 5 nitrogen and oxygen atoms in total. The summed E-state index contributed by atoms with van der Waals surface area (Å²) >= 11 is 1.53. The number of nitrogens with zero attached hydrogens (tertiary/aromatic N) is 4. The van der Waals surface area contributed by atoms with E-state index >= 15 is 0 Å². The van der Waals surface area contributed by atoms with Gasteiger partial charge in [0, 0.05) is 43.6 Å². The van der Waals surface area contributed by atoms with Crippen molar-refractivity contribution in [2.24, 2.45) is 0 Å².